The first-order valence-corrected chi connectivity index (χ1v) is 6.49. The van der Waals surface area contributed by atoms with Crippen LogP contribution in [0.4, 0.5) is 5.69 Å². The van der Waals surface area contributed by atoms with Crippen LogP contribution in [0.3, 0.4) is 0 Å². The van der Waals surface area contributed by atoms with Crippen molar-refractivity contribution in [2.24, 2.45) is 11.3 Å². The lowest BCUT2D eigenvalue weighted by molar-refractivity contribution is -0.149. The largest absolute Gasteiger partial charge is 0.481 e. The fourth-order valence-corrected chi connectivity index (χ4v) is 1.97. The highest BCUT2D eigenvalue weighted by atomic mass is 16.4. The molecule has 0 spiro atoms. The average molecular weight is 279 g/mol. The van der Waals surface area contributed by atoms with E-state index in [4.69, 9.17) is 5.11 Å². The summed E-state index contributed by atoms with van der Waals surface area (Å²) in [4.78, 5) is 23.3. The third-order valence-corrected chi connectivity index (χ3v) is 3.00. The number of benzene rings is 1. The molecule has 1 amide bonds. The smallest absolute Gasteiger partial charge is 0.316 e. The molecule has 1 aromatic carbocycles. The molecule has 1 atom stereocenters. The number of hydrogen-bond acceptors (Lipinski definition) is 3. The zero-order valence-corrected chi connectivity index (χ0v) is 12.0. The van der Waals surface area contributed by atoms with Crippen LogP contribution < -0.4 is 5.32 Å². The topological polar surface area (TPSA) is 86.6 Å². The Kier molecular flexibility index (Phi) is 5.27. The van der Waals surface area contributed by atoms with Gasteiger partial charge in [0.2, 0.25) is 5.91 Å². The molecule has 3 N–H and O–H groups in total. The Bertz CT molecular complexity index is 474. The first kappa shape index (κ1) is 16.2. The van der Waals surface area contributed by atoms with Crippen molar-refractivity contribution in [3.63, 3.8) is 0 Å². The van der Waals surface area contributed by atoms with E-state index in [0.717, 1.165) is 5.56 Å². The summed E-state index contributed by atoms with van der Waals surface area (Å²) < 4.78 is 0. The minimum atomic E-state index is -1.13. The normalized spacial score (nSPS) is 12.8. The molecule has 0 aromatic heterocycles. The predicted octanol–water partition coefficient (Wildman–Crippen LogP) is 1.91. The highest BCUT2D eigenvalue weighted by Gasteiger charge is 2.37. The number of aliphatic hydroxyl groups is 1. The molecular formula is C15H21NO4. The number of amides is 1. The lowest BCUT2D eigenvalue weighted by Gasteiger charge is -2.25. The zero-order valence-electron chi connectivity index (χ0n) is 12.0. The van der Waals surface area contributed by atoms with Gasteiger partial charge in [-0.25, -0.2) is 0 Å². The summed E-state index contributed by atoms with van der Waals surface area (Å²) in [6.07, 6.45) is 0.550. The van der Waals surface area contributed by atoms with Crippen LogP contribution in [0.2, 0.25) is 0 Å². The second-order valence-corrected chi connectivity index (χ2v) is 5.80. The van der Waals surface area contributed by atoms with Gasteiger partial charge in [0.25, 0.3) is 0 Å². The molecule has 0 saturated heterocycles. The maximum atomic E-state index is 12.1. The zero-order chi connectivity index (χ0) is 15.3. The molecule has 20 heavy (non-hydrogen) atoms. The fourth-order valence-electron chi connectivity index (χ4n) is 1.97. The number of hydrogen-bond donors (Lipinski definition) is 3. The van der Waals surface area contributed by atoms with Crippen LogP contribution in [0.25, 0.3) is 0 Å². The van der Waals surface area contributed by atoms with Gasteiger partial charge in [0.05, 0.1) is 0 Å². The van der Waals surface area contributed by atoms with Crippen molar-refractivity contribution < 1.29 is 19.8 Å². The predicted molar refractivity (Wildman–Crippen MR) is 76.4 cm³/mol. The van der Waals surface area contributed by atoms with E-state index < -0.39 is 23.2 Å². The van der Waals surface area contributed by atoms with Crippen LogP contribution in [-0.4, -0.2) is 28.7 Å². The van der Waals surface area contributed by atoms with Crippen molar-refractivity contribution in [3.8, 4) is 0 Å². The summed E-state index contributed by atoms with van der Waals surface area (Å²) >= 11 is 0. The molecule has 110 valence electrons. The number of aliphatic hydroxyl groups excluding tert-OH is 1. The average Bonchev–Trinajstić information content (AvgIpc) is 2.29. The van der Waals surface area contributed by atoms with Crippen LogP contribution in [0.5, 0.6) is 0 Å². The van der Waals surface area contributed by atoms with Gasteiger partial charge in [-0.05, 0) is 29.5 Å². The molecular weight excluding hydrogens is 258 g/mol. The molecule has 0 bridgehead atoms. The molecule has 0 aliphatic rings. The number of rotatable bonds is 5. The van der Waals surface area contributed by atoms with Crippen LogP contribution >= 0.6 is 0 Å². The van der Waals surface area contributed by atoms with Gasteiger partial charge < -0.3 is 15.5 Å². The minimum Gasteiger partial charge on any atom is -0.481 e. The van der Waals surface area contributed by atoms with Gasteiger partial charge in [-0.15, -0.1) is 0 Å². The monoisotopic (exact) mass is 279 g/mol. The summed E-state index contributed by atoms with van der Waals surface area (Å²) in [5.74, 6) is -2.77. The molecule has 5 heteroatoms. The number of carbonyl (C=O) groups is 2. The highest BCUT2D eigenvalue weighted by molar-refractivity contribution is 6.04. The van der Waals surface area contributed by atoms with Gasteiger partial charge in [0.1, 0.15) is 5.92 Å². The summed E-state index contributed by atoms with van der Waals surface area (Å²) in [6, 6.07) is 6.98. The fraction of sp³-hybridized carbons (Fsp3) is 0.467. The molecule has 1 rings (SSSR count). The van der Waals surface area contributed by atoms with E-state index in [2.05, 4.69) is 5.32 Å². The Hall–Kier alpha value is -1.88. The SMILES string of the molecule is CC(C)(C)C(C(=O)O)C(=O)Nc1ccc(CCO)cc1. The maximum Gasteiger partial charge on any atom is 0.316 e. The summed E-state index contributed by atoms with van der Waals surface area (Å²) in [6.45, 7) is 5.22. The second-order valence-electron chi connectivity index (χ2n) is 5.80. The Morgan fingerprint density at radius 3 is 2.15 bits per heavy atom. The van der Waals surface area contributed by atoms with E-state index >= 15 is 0 Å². The van der Waals surface area contributed by atoms with Crippen molar-refractivity contribution in [2.45, 2.75) is 27.2 Å². The van der Waals surface area contributed by atoms with E-state index in [1.165, 1.54) is 0 Å². The van der Waals surface area contributed by atoms with Gasteiger partial charge in [0.15, 0.2) is 0 Å². The van der Waals surface area contributed by atoms with Gasteiger partial charge >= 0.3 is 5.97 Å². The van der Waals surface area contributed by atoms with Gasteiger partial charge in [-0.1, -0.05) is 32.9 Å². The van der Waals surface area contributed by atoms with Crippen molar-refractivity contribution in [3.05, 3.63) is 29.8 Å². The highest BCUT2D eigenvalue weighted by Crippen LogP contribution is 2.27. The van der Waals surface area contributed by atoms with Gasteiger partial charge in [0, 0.05) is 12.3 Å². The van der Waals surface area contributed by atoms with E-state index in [0.29, 0.717) is 12.1 Å². The van der Waals surface area contributed by atoms with Crippen LogP contribution in [0, 0.1) is 11.3 Å². The first-order chi connectivity index (χ1) is 9.25. The second kappa shape index (κ2) is 6.52. The number of anilines is 1. The van der Waals surface area contributed by atoms with Crippen molar-refractivity contribution >= 4 is 17.6 Å². The summed E-state index contributed by atoms with van der Waals surface area (Å²) in [5.41, 5.74) is 0.843. The van der Waals surface area contributed by atoms with Crippen LogP contribution in [-0.2, 0) is 16.0 Å². The van der Waals surface area contributed by atoms with E-state index in [9.17, 15) is 14.7 Å². The molecule has 0 saturated carbocycles. The van der Waals surface area contributed by atoms with Crippen molar-refractivity contribution in [2.75, 3.05) is 11.9 Å². The molecule has 0 heterocycles. The third kappa shape index (κ3) is 4.35. The van der Waals surface area contributed by atoms with E-state index in [1.807, 2.05) is 0 Å². The minimum absolute atomic E-state index is 0.0663. The Morgan fingerprint density at radius 2 is 1.75 bits per heavy atom. The standard InChI is InChI=1S/C15H21NO4/c1-15(2,3)12(14(19)20)13(18)16-11-6-4-10(5-7-11)8-9-17/h4-7,12,17H,8-9H2,1-3H3,(H,16,18)(H,19,20). The van der Waals surface area contributed by atoms with Crippen LogP contribution in [0.15, 0.2) is 24.3 Å². The lowest BCUT2D eigenvalue weighted by Crippen LogP contribution is -2.39. The Morgan fingerprint density at radius 1 is 1.20 bits per heavy atom. The number of carboxylic acids is 1. The number of aliphatic carboxylic acids is 1. The van der Waals surface area contributed by atoms with Crippen molar-refractivity contribution in [1.29, 1.82) is 0 Å². The quantitative estimate of drug-likeness (QED) is 0.718. The van der Waals surface area contributed by atoms with E-state index in [1.54, 1.807) is 45.0 Å². The summed E-state index contributed by atoms with van der Waals surface area (Å²) in [7, 11) is 0. The summed E-state index contributed by atoms with van der Waals surface area (Å²) in [5, 5.41) is 20.6. The number of carbonyl (C=O) groups excluding carboxylic acids is 1. The first-order valence-electron chi connectivity index (χ1n) is 6.49. The molecule has 0 radical (unpaired) electrons. The number of nitrogens with one attached hydrogen (secondary N) is 1. The molecule has 0 aliphatic heterocycles. The molecule has 0 aliphatic carbocycles. The van der Waals surface area contributed by atoms with Crippen LogP contribution in [0.1, 0.15) is 26.3 Å². The third-order valence-electron chi connectivity index (χ3n) is 3.00. The molecule has 1 aromatic rings. The lowest BCUT2D eigenvalue weighted by atomic mass is 9.80. The molecule has 0 fully saturated rings. The molecule has 5 nitrogen and oxygen atoms in total. The molecule has 1 unspecified atom stereocenters. The van der Waals surface area contributed by atoms with Crippen molar-refractivity contribution in [1.82, 2.24) is 0 Å². The Balaban J connectivity index is 2.81. The number of carboxylic acid groups (broad SMARTS) is 1. The maximum absolute atomic E-state index is 12.1. The van der Waals surface area contributed by atoms with E-state index in [-0.39, 0.29) is 6.61 Å². The van der Waals surface area contributed by atoms with Gasteiger partial charge in [-0.2, -0.15) is 0 Å². The Labute approximate surface area is 118 Å². The van der Waals surface area contributed by atoms with Gasteiger partial charge in [-0.3, -0.25) is 9.59 Å².